The topological polar surface area (TPSA) is 53.2 Å². The van der Waals surface area contributed by atoms with Crippen LogP contribution in [0.2, 0.25) is 0 Å². The van der Waals surface area contributed by atoms with Crippen molar-refractivity contribution in [2.24, 2.45) is 5.92 Å². The normalized spacial score (nSPS) is 14.0. The van der Waals surface area contributed by atoms with Gasteiger partial charge in [-0.3, -0.25) is 0 Å². The number of nitriles is 1. The van der Waals surface area contributed by atoms with Crippen molar-refractivity contribution in [2.75, 3.05) is 6.61 Å². The van der Waals surface area contributed by atoms with Crippen molar-refractivity contribution >= 4 is 0 Å². The van der Waals surface area contributed by atoms with Crippen molar-refractivity contribution in [1.82, 2.24) is 0 Å². The Hall–Kier alpha value is -1.53. The Morgan fingerprint density at radius 1 is 1.47 bits per heavy atom. The molecule has 1 aromatic carbocycles. The summed E-state index contributed by atoms with van der Waals surface area (Å²) in [6.45, 7) is 4.12. The van der Waals surface area contributed by atoms with Gasteiger partial charge >= 0.3 is 0 Å². The fourth-order valence-electron chi connectivity index (χ4n) is 1.35. The molecule has 0 aliphatic rings. The Morgan fingerprint density at radius 3 is 2.73 bits per heavy atom. The predicted molar refractivity (Wildman–Crippen MR) is 57.3 cm³/mol. The average molecular weight is 205 g/mol. The molecule has 0 fully saturated rings. The van der Waals surface area contributed by atoms with Crippen LogP contribution in [0.5, 0.6) is 5.75 Å². The molecule has 0 saturated heterocycles. The Labute approximate surface area is 89.9 Å². The maximum absolute atomic E-state index is 9.89. The molecule has 0 radical (unpaired) electrons. The lowest BCUT2D eigenvalue weighted by Gasteiger charge is -2.16. The summed E-state index contributed by atoms with van der Waals surface area (Å²) < 4.78 is 5.38. The van der Waals surface area contributed by atoms with E-state index < -0.39 is 12.0 Å². The molecule has 1 N–H and O–H groups in total. The molecule has 1 rings (SSSR count). The average Bonchev–Trinajstić information content (AvgIpc) is 2.28. The molecular formula is C12H15NO2. The van der Waals surface area contributed by atoms with Gasteiger partial charge in [0.05, 0.1) is 24.7 Å². The number of nitrogens with zero attached hydrogens (tertiary/aromatic N) is 1. The molecule has 0 amide bonds. The Morgan fingerprint density at radius 2 is 2.13 bits per heavy atom. The predicted octanol–water partition coefficient (Wildman–Crippen LogP) is 2.28. The SMILES string of the molecule is CCOc1ccccc1C(O)C(C)C#N. The largest absolute Gasteiger partial charge is 0.493 e. The summed E-state index contributed by atoms with van der Waals surface area (Å²) in [7, 11) is 0. The van der Waals surface area contributed by atoms with Gasteiger partial charge in [0.25, 0.3) is 0 Å². The highest BCUT2D eigenvalue weighted by molar-refractivity contribution is 5.35. The van der Waals surface area contributed by atoms with Crippen LogP contribution in [0.3, 0.4) is 0 Å². The fraction of sp³-hybridized carbons (Fsp3) is 0.417. The summed E-state index contributed by atoms with van der Waals surface area (Å²) in [5.41, 5.74) is 0.674. The first-order valence-corrected chi connectivity index (χ1v) is 5.00. The molecular weight excluding hydrogens is 190 g/mol. The number of aliphatic hydroxyl groups is 1. The van der Waals surface area contributed by atoms with Crippen LogP contribution in [0.25, 0.3) is 0 Å². The van der Waals surface area contributed by atoms with E-state index in [1.807, 2.05) is 25.1 Å². The number of aliphatic hydroxyl groups excluding tert-OH is 1. The maximum atomic E-state index is 9.89. The smallest absolute Gasteiger partial charge is 0.125 e. The number of hydrogen-bond acceptors (Lipinski definition) is 3. The van der Waals surface area contributed by atoms with Gasteiger partial charge < -0.3 is 9.84 Å². The third-order valence-corrected chi connectivity index (χ3v) is 2.21. The van der Waals surface area contributed by atoms with Crippen molar-refractivity contribution in [3.63, 3.8) is 0 Å². The fourth-order valence-corrected chi connectivity index (χ4v) is 1.35. The molecule has 0 heterocycles. The molecule has 0 bridgehead atoms. The highest BCUT2D eigenvalue weighted by Crippen LogP contribution is 2.29. The van der Waals surface area contributed by atoms with Crippen molar-refractivity contribution in [3.8, 4) is 11.8 Å². The number of benzene rings is 1. The van der Waals surface area contributed by atoms with Gasteiger partial charge in [0.15, 0.2) is 0 Å². The van der Waals surface area contributed by atoms with Crippen molar-refractivity contribution < 1.29 is 9.84 Å². The summed E-state index contributed by atoms with van der Waals surface area (Å²) in [5.74, 6) is 0.209. The van der Waals surface area contributed by atoms with Crippen LogP contribution in [-0.2, 0) is 0 Å². The molecule has 1 aromatic rings. The number of hydrogen-bond donors (Lipinski definition) is 1. The first kappa shape index (κ1) is 11.5. The van der Waals surface area contributed by atoms with E-state index in [0.29, 0.717) is 17.9 Å². The highest BCUT2D eigenvalue weighted by Gasteiger charge is 2.19. The number of rotatable bonds is 4. The lowest BCUT2D eigenvalue weighted by molar-refractivity contribution is 0.138. The molecule has 0 spiro atoms. The Kier molecular flexibility index (Phi) is 4.14. The number of ether oxygens (including phenoxy) is 1. The Balaban J connectivity index is 2.97. The molecule has 0 aliphatic heterocycles. The van der Waals surface area contributed by atoms with Gasteiger partial charge in [-0.2, -0.15) is 5.26 Å². The minimum atomic E-state index is -0.794. The minimum absolute atomic E-state index is 0.438. The monoisotopic (exact) mass is 205 g/mol. The van der Waals surface area contributed by atoms with Crippen LogP contribution in [0, 0.1) is 17.2 Å². The third-order valence-electron chi connectivity index (χ3n) is 2.21. The van der Waals surface area contributed by atoms with E-state index >= 15 is 0 Å². The van der Waals surface area contributed by atoms with Gasteiger partial charge in [-0.1, -0.05) is 18.2 Å². The van der Waals surface area contributed by atoms with Crippen molar-refractivity contribution in [2.45, 2.75) is 20.0 Å². The van der Waals surface area contributed by atoms with E-state index in [1.54, 1.807) is 19.1 Å². The van der Waals surface area contributed by atoms with Crippen LogP contribution in [0.1, 0.15) is 25.5 Å². The van der Waals surface area contributed by atoms with Gasteiger partial charge in [-0.15, -0.1) is 0 Å². The minimum Gasteiger partial charge on any atom is -0.493 e. The zero-order valence-corrected chi connectivity index (χ0v) is 8.97. The van der Waals surface area contributed by atoms with E-state index in [9.17, 15) is 5.11 Å². The summed E-state index contributed by atoms with van der Waals surface area (Å²) in [6, 6.07) is 9.28. The number of para-hydroxylation sites is 1. The molecule has 3 heteroatoms. The molecule has 80 valence electrons. The molecule has 0 aliphatic carbocycles. The molecule has 0 aromatic heterocycles. The van der Waals surface area contributed by atoms with Gasteiger partial charge in [-0.25, -0.2) is 0 Å². The molecule has 2 unspecified atom stereocenters. The highest BCUT2D eigenvalue weighted by atomic mass is 16.5. The summed E-state index contributed by atoms with van der Waals surface area (Å²) in [4.78, 5) is 0. The molecule has 3 nitrogen and oxygen atoms in total. The van der Waals surface area contributed by atoms with Gasteiger partial charge in [-0.05, 0) is 19.9 Å². The second kappa shape index (κ2) is 5.38. The van der Waals surface area contributed by atoms with Crippen LogP contribution < -0.4 is 4.74 Å². The third kappa shape index (κ3) is 2.71. The molecule has 2 atom stereocenters. The van der Waals surface area contributed by atoms with Gasteiger partial charge in [0, 0.05) is 5.56 Å². The lowest BCUT2D eigenvalue weighted by Crippen LogP contribution is -2.09. The van der Waals surface area contributed by atoms with Gasteiger partial charge in [0.1, 0.15) is 5.75 Å². The van der Waals surface area contributed by atoms with Crippen molar-refractivity contribution in [3.05, 3.63) is 29.8 Å². The van der Waals surface area contributed by atoms with Crippen molar-refractivity contribution in [1.29, 1.82) is 5.26 Å². The maximum Gasteiger partial charge on any atom is 0.125 e. The van der Waals surface area contributed by atoms with Crippen LogP contribution in [0.15, 0.2) is 24.3 Å². The second-order valence-corrected chi connectivity index (χ2v) is 3.33. The van der Waals surface area contributed by atoms with E-state index in [4.69, 9.17) is 10.00 Å². The first-order chi connectivity index (χ1) is 7.20. The quantitative estimate of drug-likeness (QED) is 0.820. The van der Waals surface area contributed by atoms with E-state index in [0.717, 1.165) is 0 Å². The zero-order chi connectivity index (χ0) is 11.3. The van der Waals surface area contributed by atoms with Gasteiger partial charge in [0.2, 0.25) is 0 Å². The Bertz CT molecular complexity index is 357. The van der Waals surface area contributed by atoms with Crippen LogP contribution in [-0.4, -0.2) is 11.7 Å². The van der Waals surface area contributed by atoms with E-state index in [1.165, 1.54) is 0 Å². The van der Waals surface area contributed by atoms with Crippen LogP contribution in [0.4, 0.5) is 0 Å². The standard InChI is InChI=1S/C12H15NO2/c1-3-15-11-7-5-4-6-10(11)12(14)9(2)8-13/h4-7,9,12,14H,3H2,1-2H3. The summed E-state index contributed by atoms with van der Waals surface area (Å²) in [6.07, 6.45) is -0.794. The second-order valence-electron chi connectivity index (χ2n) is 3.33. The lowest BCUT2D eigenvalue weighted by atomic mass is 9.98. The molecule has 0 saturated carbocycles. The van der Waals surface area contributed by atoms with E-state index in [-0.39, 0.29) is 0 Å². The zero-order valence-electron chi connectivity index (χ0n) is 8.97. The first-order valence-electron chi connectivity index (χ1n) is 5.00. The summed E-state index contributed by atoms with van der Waals surface area (Å²) >= 11 is 0. The van der Waals surface area contributed by atoms with E-state index in [2.05, 4.69) is 0 Å². The molecule has 15 heavy (non-hydrogen) atoms. The van der Waals surface area contributed by atoms with Crippen LogP contribution >= 0.6 is 0 Å². The summed E-state index contributed by atoms with van der Waals surface area (Å²) in [5, 5.41) is 18.6.